The Balaban J connectivity index is 1.63. The number of alkyl halides is 3. The van der Waals surface area contributed by atoms with E-state index in [-0.39, 0.29) is 16.8 Å². The number of amides is 1. The zero-order valence-corrected chi connectivity index (χ0v) is 19.9. The van der Waals surface area contributed by atoms with Gasteiger partial charge in [-0.15, -0.1) is 0 Å². The van der Waals surface area contributed by atoms with Crippen LogP contribution < -0.4 is 10.1 Å². The summed E-state index contributed by atoms with van der Waals surface area (Å²) in [7, 11) is 0. The standard InChI is InChI=1S/C26H25F3N2O5/c1-4-35-23-11-6-5-10-20(23)25(34)30-14-24(33)36-15-22(32)21-12-16(2)31(17(21)3)19-9-7-8-18(13-19)26(27,28)29/h5-13H,4,14-15H2,1-3H3,(H,30,34). The van der Waals surface area contributed by atoms with Crippen molar-refractivity contribution in [2.45, 2.75) is 26.9 Å². The van der Waals surface area contributed by atoms with E-state index in [2.05, 4.69) is 5.32 Å². The van der Waals surface area contributed by atoms with Gasteiger partial charge in [0.1, 0.15) is 12.3 Å². The molecule has 0 saturated heterocycles. The molecule has 0 radical (unpaired) electrons. The molecule has 1 aromatic heterocycles. The highest BCUT2D eigenvalue weighted by atomic mass is 19.4. The number of para-hydroxylation sites is 1. The van der Waals surface area contributed by atoms with Crippen LogP contribution >= 0.6 is 0 Å². The van der Waals surface area contributed by atoms with E-state index < -0.39 is 42.6 Å². The highest BCUT2D eigenvalue weighted by Gasteiger charge is 2.31. The number of carbonyl (C=O) groups is 3. The molecule has 0 aliphatic heterocycles. The molecule has 36 heavy (non-hydrogen) atoms. The van der Waals surface area contributed by atoms with Gasteiger partial charge in [0, 0.05) is 22.6 Å². The number of halogens is 3. The maximum absolute atomic E-state index is 13.1. The van der Waals surface area contributed by atoms with Gasteiger partial charge in [-0.3, -0.25) is 14.4 Å². The van der Waals surface area contributed by atoms with Crippen LogP contribution in [0.4, 0.5) is 13.2 Å². The van der Waals surface area contributed by atoms with E-state index in [1.807, 2.05) is 0 Å². The maximum Gasteiger partial charge on any atom is 0.416 e. The number of ketones is 1. The lowest BCUT2D eigenvalue weighted by Gasteiger charge is -2.13. The first-order valence-electron chi connectivity index (χ1n) is 11.1. The molecule has 0 saturated carbocycles. The molecule has 0 fully saturated rings. The first kappa shape index (κ1) is 26.5. The van der Waals surface area contributed by atoms with E-state index in [4.69, 9.17) is 9.47 Å². The lowest BCUT2D eigenvalue weighted by Crippen LogP contribution is -2.31. The summed E-state index contributed by atoms with van der Waals surface area (Å²) in [6.07, 6.45) is -4.50. The topological polar surface area (TPSA) is 86.6 Å². The van der Waals surface area contributed by atoms with E-state index >= 15 is 0 Å². The number of Topliss-reactive ketones (excluding diaryl/α,β-unsaturated/α-hetero) is 1. The maximum atomic E-state index is 13.1. The van der Waals surface area contributed by atoms with Crippen LogP contribution in [0.2, 0.25) is 0 Å². The second kappa shape index (κ2) is 11.1. The smallest absolute Gasteiger partial charge is 0.416 e. The van der Waals surface area contributed by atoms with Gasteiger partial charge >= 0.3 is 12.1 Å². The molecular formula is C26H25F3N2O5. The van der Waals surface area contributed by atoms with Crippen molar-refractivity contribution in [1.82, 2.24) is 9.88 Å². The molecule has 0 bridgehead atoms. The third kappa shape index (κ3) is 6.12. The third-order valence-electron chi connectivity index (χ3n) is 5.35. The van der Waals surface area contributed by atoms with Crippen LogP contribution in [0.15, 0.2) is 54.6 Å². The number of aromatic nitrogens is 1. The minimum absolute atomic E-state index is 0.215. The Morgan fingerprint density at radius 3 is 2.39 bits per heavy atom. The quantitative estimate of drug-likeness (QED) is 0.340. The molecule has 0 atom stereocenters. The molecular weight excluding hydrogens is 477 g/mol. The summed E-state index contributed by atoms with van der Waals surface area (Å²) < 4.78 is 51.3. The van der Waals surface area contributed by atoms with Crippen molar-refractivity contribution in [2.24, 2.45) is 0 Å². The van der Waals surface area contributed by atoms with Crippen LogP contribution in [0.25, 0.3) is 5.69 Å². The minimum atomic E-state index is -4.50. The monoisotopic (exact) mass is 502 g/mol. The van der Waals surface area contributed by atoms with Crippen molar-refractivity contribution in [2.75, 3.05) is 19.8 Å². The SMILES string of the molecule is CCOc1ccccc1C(=O)NCC(=O)OCC(=O)c1cc(C)n(-c2cccc(C(F)(F)F)c2)c1C. The lowest BCUT2D eigenvalue weighted by molar-refractivity contribution is -0.141. The number of nitrogens with zero attached hydrogens (tertiary/aromatic N) is 1. The van der Waals surface area contributed by atoms with E-state index in [1.54, 1.807) is 45.0 Å². The zero-order valence-electron chi connectivity index (χ0n) is 19.9. The molecule has 0 spiro atoms. The van der Waals surface area contributed by atoms with E-state index in [0.717, 1.165) is 12.1 Å². The minimum Gasteiger partial charge on any atom is -0.493 e. The van der Waals surface area contributed by atoms with Crippen LogP contribution in [0.3, 0.4) is 0 Å². The first-order chi connectivity index (χ1) is 17.0. The Morgan fingerprint density at radius 1 is 0.972 bits per heavy atom. The number of esters is 1. The van der Waals surface area contributed by atoms with Crippen LogP contribution in [-0.2, 0) is 15.7 Å². The van der Waals surface area contributed by atoms with Crippen molar-refractivity contribution in [1.29, 1.82) is 0 Å². The van der Waals surface area contributed by atoms with Crippen molar-refractivity contribution >= 4 is 17.7 Å². The Hall–Kier alpha value is -4.08. The van der Waals surface area contributed by atoms with Crippen LogP contribution in [0, 0.1) is 13.8 Å². The number of hydrogen-bond donors (Lipinski definition) is 1. The molecule has 1 amide bonds. The zero-order chi connectivity index (χ0) is 26.5. The summed E-state index contributed by atoms with van der Waals surface area (Å²) in [5, 5.41) is 2.42. The summed E-state index contributed by atoms with van der Waals surface area (Å²) in [6, 6.07) is 12.9. The summed E-state index contributed by atoms with van der Waals surface area (Å²) in [5.74, 6) is -1.51. The molecule has 3 rings (SSSR count). The summed E-state index contributed by atoms with van der Waals surface area (Å²) in [5.41, 5.74) is 0.874. The molecule has 2 aromatic carbocycles. The van der Waals surface area contributed by atoms with Gasteiger partial charge in [-0.05, 0) is 57.2 Å². The highest BCUT2D eigenvalue weighted by Crippen LogP contribution is 2.31. The van der Waals surface area contributed by atoms with Crippen LogP contribution in [0.1, 0.15) is 44.6 Å². The summed E-state index contributed by atoms with van der Waals surface area (Å²) in [4.78, 5) is 37.2. The number of aryl methyl sites for hydroxylation is 1. The average Bonchev–Trinajstić information content (AvgIpc) is 3.14. The van der Waals surface area contributed by atoms with Crippen molar-refractivity contribution in [3.63, 3.8) is 0 Å². The molecule has 0 aliphatic carbocycles. The van der Waals surface area contributed by atoms with E-state index in [1.165, 1.54) is 22.8 Å². The number of rotatable bonds is 9. The Labute approximate surface area is 205 Å². The molecule has 1 heterocycles. The number of nitrogens with one attached hydrogen (secondary N) is 1. The van der Waals surface area contributed by atoms with Crippen molar-refractivity contribution < 1.29 is 37.0 Å². The Bertz CT molecular complexity index is 1280. The fourth-order valence-electron chi connectivity index (χ4n) is 3.72. The summed E-state index contributed by atoms with van der Waals surface area (Å²) in [6.45, 7) is 4.35. The fraction of sp³-hybridized carbons (Fsp3) is 0.269. The molecule has 7 nitrogen and oxygen atoms in total. The number of hydrogen-bond acceptors (Lipinski definition) is 5. The van der Waals surface area contributed by atoms with Crippen molar-refractivity contribution in [3.8, 4) is 11.4 Å². The number of carbonyl (C=O) groups excluding carboxylic acids is 3. The average molecular weight is 502 g/mol. The fourth-order valence-corrected chi connectivity index (χ4v) is 3.72. The van der Waals surface area contributed by atoms with E-state index in [9.17, 15) is 27.6 Å². The largest absolute Gasteiger partial charge is 0.493 e. The van der Waals surface area contributed by atoms with Crippen molar-refractivity contribution in [3.05, 3.63) is 82.7 Å². The molecule has 1 N–H and O–H groups in total. The van der Waals surface area contributed by atoms with Gasteiger partial charge in [-0.25, -0.2) is 0 Å². The predicted molar refractivity (Wildman–Crippen MR) is 125 cm³/mol. The molecule has 10 heteroatoms. The van der Waals surface area contributed by atoms with Crippen LogP contribution in [-0.4, -0.2) is 42.0 Å². The second-order valence-electron chi connectivity index (χ2n) is 7.86. The Morgan fingerprint density at radius 2 is 1.69 bits per heavy atom. The molecule has 3 aromatic rings. The third-order valence-corrected chi connectivity index (χ3v) is 5.35. The predicted octanol–water partition coefficient (Wildman–Crippen LogP) is 4.67. The normalized spacial score (nSPS) is 11.2. The first-order valence-corrected chi connectivity index (χ1v) is 11.1. The molecule has 190 valence electrons. The lowest BCUT2D eigenvalue weighted by atomic mass is 10.1. The van der Waals surface area contributed by atoms with Gasteiger partial charge in [-0.1, -0.05) is 18.2 Å². The number of benzene rings is 2. The van der Waals surface area contributed by atoms with Gasteiger partial charge in [0.15, 0.2) is 6.61 Å². The molecule has 0 unspecified atom stereocenters. The Kier molecular flexibility index (Phi) is 8.18. The van der Waals surface area contributed by atoms with Gasteiger partial charge < -0.3 is 19.4 Å². The van der Waals surface area contributed by atoms with Gasteiger partial charge in [-0.2, -0.15) is 13.2 Å². The van der Waals surface area contributed by atoms with Gasteiger partial charge in [0.2, 0.25) is 5.78 Å². The highest BCUT2D eigenvalue weighted by molar-refractivity contribution is 6.00. The second-order valence-corrected chi connectivity index (χ2v) is 7.86. The summed E-state index contributed by atoms with van der Waals surface area (Å²) >= 11 is 0. The number of ether oxygens (including phenoxy) is 2. The van der Waals surface area contributed by atoms with E-state index in [0.29, 0.717) is 23.7 Å². The molecule has 0 aliphatic rings. The van der Waals surface area contributed by atoms with Crippen LogP contribution in [0.5, 0.6) is 5.75 Å². The van der Waals surface area contributed by atoms with Gasteiger partial charge in [0.05, 0.1) is 17.7 Å². The van der Waals surface area contributed by atoms with Gasteiger partial charge in [0.25, 0.3) is 5.91 Å².